The summed E-state index contributed by atoms with van der Waals surface area (Å²) in [6.07, 6.45) is 3.10. The fourth-order valence-electron chi connectivity index (χ4n) is 3.68. The van der Waals surface area contributed by atoms with E-state index in [1.807, 2.05) is 12.1 Å². The topological polar surface area (TPSA) is 84.9 Å². The highest BCUT2D eigenvalue weighted by molar-refractivity contribution is 6.53. The van der Waals surface area contributed by atoms with E-state index < -0.39 is 17.8 Å². The number of carbonyl (C=O) groups excluding carboxylic acids is 3. The molecule has 2 amide bonds. The summed E-state index contributed by atoms with van der Waals surface area (Å²) < 4.78 is 10.5. The number of nitrogens with zero attached hydrogens (tertiary/aromatic N) is 1. The number of esters is 1. The van der Waals surface area contributed by atoms with Crippen LogP contribution in [0, 0.1) is 0 Å². The first-order valence-electron chi connectivity index (χ1n) is 11.5. The SMILES string of the molecule is CCCCc1ccc(N2C(=O)C(Cl)=C(Nc3ccc(C(=O)Oc4ccc(OC)cc4)cc3)C2=O)cc1. The molecular formula is C28H25ClN2O5. The molecule has 0 radical (unpaired) electrons. The van der Waals surface area contributed by atoms with Crippen molar-refractivity contribution in [1.82, 2.24) is 0 Å². The number of rotatable bonds is 9. The van der Waals surface area contributed by atoms with Gasteiger partial charge in [-0.1, -0.05) is 37.1 Å². The van der Waals surface area contributed by atoms with Gasteiger partial charge in [-0.25, -0.2) is 9.69 Å². The van der Waals surface area contributed by atoms with Crippen molar-refractivity contribution in [2.45, 2.75) is 26.2 Å². The van der Waals surface area contributed by atoms with E-state index in [1.54, 1.807) is 67.8 Å². The van der Waals surface area contributed by atoms with Gasteiger partial charge in [0.05, 0.1) is 18.4 Å². The van der Waals surface area contributed by atoms with Crippen LogP contribution in [0.5, 0.6) is 11.5 Å². The van der Waals surface area contributed by atoms with Gasteiger partial charge in [-0.15, -0.1) is 0 Å². The Bertz CT molecular complexity index is 1300. The highest BCUT2D eigenvalue weighted by atomic mass is 35.5. The monoisotopic (exact) mass is 504 g/mol. The number of carbonyl (C=O) groups is 3. The third-order valence-electron chi connectivity index (χ3n) is 5.70. The van der Waals surface area contributed by atoms with Gasteiger partial charge in [-0.2, -0.15) is 0 Å². The molecule has 3 aromatic rings. The van der Waals surface area contributed by atoms with Crippen LogP contribution in [0.4, 0.5) is 11.4 Å². The van der Waals surface area contributed by atoms with Crippen LogP contribution in [0.25, 0.3) is 0 Å². The van der Waals surface area contributed by atoms with E-state index in [2.05, 4.69) is 12.2 Å². The van der Waals surface area contributed by atoms with E-state index in [1.165, 1.54) is 0 Å². The van der Waals surface area contributed by atoms with Gasteiger partial charge in [0.2, 0.25) is 0 Å². The molecule has 1 N–H and O–H groups in total. The lowest BCUT2D eigenvalue weighted by Crippen LogP contribution is -2.32. The van der Waals surface area contributed by atoms with Crippen LogP contribution in [0.15, 0.2) is 83.5 Å². The number of ether oxygens (including phenoxy) is 2. The zero-order valence-corrected chi connectivity index (χ0v) is 20.7. The van der Waals surface area contributed by atoms with Crippen LogP contribution >= 0.6 is 11.6 Å². The Morgan fingerprint density at radius 2 is 1.53 bits per heavy atom. The number of nitrogens with one attached hydrogen (secondary N) is 1. The molecule has 0 saturated carbocycles. The molecule has 0 aliphatic carbocycles. The summed E-state index contributed by atoms with van der Waals surface area (Å²) in [6, 6.07) is 20.3. The second kappa shape index (κ2) is 11.1. The number of hydrogen-bond donors (Lipinski definition) is 1. The van der Waals surface area contributed by atoms with E-state index in [4.69, 9.17) is 21.1 Å². The van der Waals surface area contributed by atoms with Crippen molar-refractivity contribution in [2.24, 2.45) is 0 Å². The molecule has 0 spiro atoms. The second-order valence-electron chi connectivity index (χ2n) is 8.17. The number of hydrogen-bond acceptors (Lipinski definition) is 6. The molecule has 1 aliphatic heterocycles. The van der Waals surface area contributed by atoms with Crippen LogP contribution in [-0.4, -0.2) is 24.9 Å². The van der Waals surface area contributed by atoms with Gasteiger partial charge in [-0.3, -0.25) is 9.59 Å². The molecule has 0 unspecified atom stereocenters. The zero-order valence-electron chi connectivity index (χ0n) is 19.9. The first-order valence-corrected chi connectivity index (χ1v) is 11.9. The summed E-state index contributed by atoms with van der Waals surface area (Å²) in [5.41, 5.74) is 2.38. The number of imide groups is 1. The average molecular weight is 505 g/mol. The lowest BCUT2D eigenvalue weighted by molar-refractivity contribution is -0.120. The smallest absolute Gasteiger partial charge is 0.343 e. The van der Waals surface area contributed by atoms with Crippen LogP contribution in [-0.2, 0) is 16.0 Å². The molecular weight excluding hydrogens is 480 g/mol. The highest BCUT2D eigenvalue weighted by Crippen LogP contribution is 2.30. The Morgan fingerprint density at radius 1 is 0.889 bits per heavy atom. The Hall–Kier alpha value is -4.10. The number of aryl methyl sites for hydroxylation is 1. The van der Waals surface area contributed by atoms with Gasteiger partial charge < -0.3 is 14.8 Å². The molecule has 7 nitrogen and oxygen atoms in total. The van der Waals surface area contributed by atoms with Crippen molar-refractivity contribution in [1.29, 1.82) is 0 Å². The number of amides is 2. The van der Waals surface area contributed by atoms with Crippen molar-refractivity contribution in [3.8, 4) is 11.5 Å². The van der Waals surface area contributed by atoms with Gasteiger partial charge in [-0.05, 0) is 79.1 Å². The Balaban J connectivity index is 1.42. The molecule has 0 saturated heterocycles. The van der Waals surface area contributed by atoms with Crippen molar-refractivity contribution < 1.29 is 23.9 Å². The molecule has 0 fully saturated rings. The Morgan fingerprint density at radius 3 is 2.14 bits per heavy atom. The summed E-state index contributed by atoms with van der Waals surface area (Å²) in [7, 11) is 1.55. The summed E-state index contributed by atoms with van der Waals surface area (Å²) in [6.45, 7) is 2.12. The molecule has 36 heavy (non-hydrogen) atoms. The van der Waals surface area contributed by atoms with E-state index in [9.17, 15) is 14.4 Å². The van der Waals surface area contributed by atoms with E-state index in [0.717, 1.165) is 29.7 Å². The summed E-state index contributed by atoms with van der Waals surface area (Å²) in [5, 5.41) is 2.71. The molecule has 4 rings (SSSR count). The first kappa shape index (κ1) is 25.0. The third kappa shape index (κ3) is 5.42. The maximum absolute atomic E-state index is 13.0. The lowest BCUT2D eigenvalue weighted by atomic mass is 10.1. The van der Waals surface area contributed by atoms with Crippen molar-refractivity contribution in [3.05, 3.63) is 94.7 Å². The van der Waals surface area contributed by atoms with Crippen LogP contribution in [0.3, 0.4) is 0 Å². The van der Waals surface area contributed by atoms with Crippen LogP contribution in [0.1, 0.15) is 35.7 Å². The zero-order chi connectivity index (χ0) is 25.7. The number of methoxy groups -OCH3 is 1. The normalized spacial score (nSPS) is 13.2. The molecule has 1 heterocycles. The minimum Gasteiger partial charge on any atom is -0.497 e. The van der Waals surface area contributed by atoms with Crippen LogP contribution < -0.4 is 19.7 Å². The average Bonchev–Trinajstić information content (AvgIpc) is 3.11. The summed E-state index contributed by atoms with van der Waals surface area (Å²) >= 11 is 6.23. The summed E-state index contributed by atoms with van der Waals surface area (Å²) in [5.74, 6) is -0.640. The van der Waals surface area contributed by atoms with Crippen molar-refractivity contribution in [3.63, 3.8) is 0 Å². The third-order valence-corrected chi connectivity index (χ3v) is 6.05. The van der Waals surface area contributed by atoms with Gasteiger partial charge in [0.1, 0.15) is 22.2 Å². The number of unbranched alkanes of at least 4 members (excludes halogenated alkanes) is 1. The molecule has 0 aromatic heterocycles. The van der Waals surface area contributed by atoms with Gasteiger partial charge in [0, 0.05) is 5.69 Å². The van der Waals surface area contributed by atoms with E-state index in [0.29, 0.717) is 28.4 Å². The summed E-state index contributed by atoms with van der Waals surface area (Å²) in [4.78, 5) is 39.3. The van der Waals surface area contributed by atoms with Crippen LogP contribution in [0.2, 0.25) is 0 Å². The molecule has 8 heteroatoms. The number of benzene rings is 3. The minimum atomic E-state index is -0.592. The van der Waals surface area contributed by atoms with Crippen molar-refractivity contribution in [2.75, 3.05) is 17.3 Å². The standard InChI is InChI=1S/C28H25ClN2O5/c1-3-4-5-18-6-12-21(13-7-18)31-26(32)24(29)25(27(31)33)30-20-10-8-19(9-11-20)28(34)36-23-16-14-22(35-2)15-17-23/h6-17,30H,3-5H2,1-2H3. The van der Waals surface area contributed by atoms with Crippen molar-refractivity contribution >= 4 is 40.8 Å². The first-order chi connectivity index (χ1) is 17.4. The second-order valence-corrected chi connectivity index (χ2v) is 8.55. The molecule has 0 atom stereocenters. The van der Waals surface area contributed by atoms with Gasteiger partial charge in [0.25, 0.3) is 11.8 Å². The molecule has 3 aromatic carbocycles. The van der Waals surface area contributed by atoms with Gasteiger partial charge in [0.15, 0.2) is 0 Å². The quantitative estimate of drug-likeness (QED) is 0.229. The largest absolute Gasteiger partial charge is 0.497 e. The maximum atomic E-state index is 13.0. The predicted octanol–water partition coefficient (Wildman–Crippen LogP) is 5.69. The van der Waals surface area contributed by atoms with E-state index >= 15 is 0 Å². The molecule has 0 bridgehead atoms. The minimum absolute atomic E-state index is 0.0229. The molecule has 1 aliphatic rings. The van der Waals surface area contributed by atoms with E-state index in [-0.39, 0.29) is 10.7 Å². The fourth-order valence-corrected chi connectivity index (χ4v) is 3.89. The highest BCUT2D eigenvalue weighted by Gasteiger charge is 2.38. The van der Waals surface area contributed by atoms with Gasteiger partial charge >= 0.3 is 5.97 Å². The maximum Gasteiger partial charge on any atom is 0.343 e. The Labute approximate surface area is 214 Å². The predicted molar refractivity (Wildman–Crippen MR) is 138 cm³/mol. The molecule has 184 valence electrons. The number of anilines is 2. The lowest BCUT2D eigenvalue weighted by Gasteiger charge is -2.15. The Kier molecular flexibility index (Phi) is 7.71. The number of halogens is 1. The fraction of sp³-hybridized carbons (Fsp3) is 0.179.